The molecule has 7 nitrogen and oxygen atoms in total. The van der Waals surface area contributed by atoms with Crippen molar-refractivity contribution < 1.29 is 14.4 Å². The van der Waals surface area contributed by atoms with Crippen LogP contribution in [0.25, 0.3) is 0 Å². The van der Waals surface area contributed by atoms with Crippen molar-refractivity contribution in [3.05, 3.63) is 35.9 Å². The topological polar surface area (TPSA) is 90.5 Å². The molecule has 0 bridgehead atoms. The van der Waals surface area contributed by atoms with Crippen molar-refractivity contribution >= 4 is 30.3 Å². The number of benzene rings is 1. The van der Waals surface area contributed by atoms with Crippen molar-refractivity contribution in [2.45, 2.75) is 38.1 Å². The van der Waals surface area contributed by atoms with Gasteiger partial charge in [-0.1, -0.05) is 30.3 Å². The maximum Gasteiger partial charge on any atom is 0.325 e. The molecule has 2 aliphatic heterocycles. The second-order valence-electron chi connectivity index (χ2n) is 7.26. The van der Waals surface area contributed by atoms with Crippen LogP contribution in [0.2, 0.25) is 0 Å². The predicted molar refractivity (Wildman–Crippen MR) is 109 cm³/mol. The van der Waals surface area contributed by atoms with Crippen LogP contribution in [0.15, 0.2) is 30.3 Å². The Labute approximate surface area is 172 Å². The Balaban J connectivity index is 0.00000280. The number of amides is 4. The van der Waals surface area contributed by atoms with Crippen LogP contribution in [0.4, 0.5) is 4.79 Å². The number of aryl methyl sites for hydroxylation is 1. The number of halogens is 1. The van der Waals surface area contributed by atoms with Gasteiger partial charge in [-0.3, -0.25) is 14.5 Å². The molecule has 3 N–H and O–H groups in total. The molecular formula is C20H29ClN4O3. The minimum atomic E-state index is -0.929. The van der Waals surface area contributed by atoms with Crippen molar-refractivity contribution in [3.8, 4) is 0 Å². The zero-order chi connectivity index (χ0) is 19.3. The zero-order valence-corrected chi connectivity index (χ0v) is 17.0. The summed E-state index contributed by atoms with van der Waals surface area (Å²) in [6.45, 7) is 3.71. The first kappa shape index (κ1) is 22.2. The molecule has 0 aromatic heterocycles. The zero-order valence-electron chi connectivity index (χ0n) is 16.2. The number of nitrogens with zero attached hydrogens (tertiary/aromatic N) is 1. The number of carbonyl (C=O) groups is 3. The highest BCUT2D eigenvalue weighted by Gasteiger charge is 2.55. The molecule has 0 radical (unpaired) electrons. The molecule has 0 saturated carbocycles. The van der Waals surface area contributed by atoms with Gasteiger partial charge in [0, 0.05) is 6.54 Å². The molecular weight excluding hydrogens is 380 g/mol. The van der Waals surface area contributed by atoms with Crippen LogP contribution in [0.3, 0.4) is 0 Å². The smallest absolute Gasteiger partial charge is 0.325 e. The van der Waals surface area contributed by atoms with Gasteiger partial charge in [0.1, 0.15) is 12.1 Å². The minimum Gasteiger partial charge on any atom is -0.355 e. The quantitative estimate of drug-likeness (QED) is 0.596. The molecule has 3 rings (SSSR count). The summed E-state index contributed by atoms with van der Waals surface area (Å²) in [7, 11) is 0. The minimum absolute atomic E-state index is 0. The normalized spacial score (nSPS) is 22.5. The van der Waals surface area contributed by atoms with Crippen molar-refractivity contribution in [1.29, 1.82) is 0 Å². The largest absolute Gasteiger partial charge is 0.355 e. The lowest BCUT2D eigenvalue weighted by Crippen LogP contribution is -2.56. The Morgan fingerprint density at radius 3 is 2.54 bits per heavy atom. The third kappa shape index (κ3) is 4.64. The van der Waals surface area contributed by atoms with Crippen molar-refractivity contribution in [2.24, 2.45) is 5.92 Å². The van der Waals surface area contributed by atoms with E-state index in [9.17, 15) is 14.4 Å². The summed E-state index contributed by atoms with van der Waals surface area (Å²) in [5, 5.41) is 8.95. The van der Waals surface area contributed by atoms with E-state index in [-0.39, 0.29) is 36.7 Å². The van der Waals surface area contributed by atoms with Crippen LogP contribution in [0, 0.1) is 5.92 Å². The van der Waals surface area contributed by atoms with E-state index in [2.05, 4.69) is 16.0 Å². The highest BCUT2D eigenvalue weighted by atomic mass is 35.5. The summed E-state index contributed by atoms with van der Waals surface area (Å²) in [6.07, 6.45) is 2.90. The predicted octanol–water partition coefficient (Wildman–Crippen LogP) is 1.47. The average Bonchev–Trinajstić information content (AvgIpc) is 2.93. The molecule has 2 heterocycles. The number of piperidine rings is 1. The summed E-state index contributed by atoms with van der Waals surface area (Å²) in [6, 6.07) is 9.51. The van der Waals surface area contributed by atoms with Crippen molar-refractivity contribution in [1.82, 2.24) is 20.9 Å². The fraction of sp³-hybridized carbons (Fsp3) is 0.550. The number of hydrogen-bond donors (Lipinski definition) is 3. The summed E-state index contributed by atoms with van der Waals surface area (Å²) >= 11 is 0. The van der Waals surface area contributed by atoms with Crippen molar-refractivity contribution in [2.75, 3.05) is 26.2 Å². The maximum atomic E-state index is 13.3. The molecule has 8 heteroatoms. The Bertz CT molecular complexity index is 694. The molecule has 1 aromatic rings. The van der Waals surface area contributed by atoms with E-state index in [4.69, 9.17) is 0 Å². The highest BCUT2D eigenvalue weighted by Crippen LogP contribution is 2.35. The van der Waals surface area contributed by atoms with Gasteiger partial charge in [-0.15, -0.1) is 12.4 Å². The van der Waals surface area contributed by atoms with E-state index in [0.29, 0.717) is 19.4 Å². The molecule has 0 spiro atoms. The number of urea groups is 1. The number of rotatable bonds is 7. The summed E-state index contributed by atoms with van der Waals surface area (Å²) in [5.74, 6) is -0.509. The van der Waals surface area contributed by atoms with Crippen molar-refractivity contribution in [3.63, 3.8) is 0 Å². The Morgan fingerprint density at radius 2 is 1.89 bits per heavy atom. The van der Waals surface area contributed by atoms with E-state index >= 15 is 0 Å². The van der Waals surface area contributed by atoms with E-state index in [0.717, 1.165) is 36.4 Å². The Hall–Kier alpha value is -2.12. The lowest BCUT2D eigenvalue weighted by Gasteiger charge is -2.38. The molecule has 2 saturated heterocycles. The SMILES string of the molecule is CCNC(=O)CN1C(=O)NC(CCc2ccccc2)(C2CCNCC2)C1=O.Cl. The molecule has 2 aliphatic rings. The highest BCUT2D eigenvalue weighted by molar-refractivity contribution is 6.09. The van der Waals surface area contributed by atoms with E-state index in [1.165, 1.54) is 0 Å². The fourth-order valence-corrected chi connectivity index (χ4v) is 4.14. The van der Waals surface area contributed by atoms with Gasteiger partial charge in [0.15, 0.2) is 0 Å². The molecule has 28 heavy (non-hydrogen) atoms. The van der Waals surface area contributed by atoms with Crippen LogP contribution in [0.1, 0.15) is 31.7 Å². The van der Waals surface area contributed by atoms with Crippen LogP contribution in [0.5, 0.6) is 0 Å². The molecule has 1 unspecified atom stereocenters. The summed E-state index contributed by atoms with van der Waals surface area (Å²) in [5.41, 5.74) is 0.205. The second-order valence-corrected chi connectivity index (χ2v) is 7.26. The third-order valence-corrected chi connectivity index (χ3v) is 5.56. The summed E-state index contributed by atoms with van der Waals surface area (Å²) < 4.78 is 0. The Kier molecular flexibility index (Phi) is 7.83. The maximum absolute atomic E-state index is 13.3. The molecule has 4 amide bonds. The fourth-order valence-electron chi connectivity index (χ4n) is 4.14. The lowest BCUT2D eigenvalue weighted by atomic mass is 9.74. The first-order chi connectivity index (χ1) is 13.1. The van der Waals surface area contributed by atoms with Gasteiger partial charge in [-0.2, -0.15) is 0 Å². The van der Waals surface area contributed by atoms with Crippen LogP contribution >= 0.6 is 12.4 Å². The number of likely N-dealkylation sites (N-methyl/N-ethyl adjacent to an activating group) is 1. The van der Waals surface area contributed by atoms with Crippen LogP contribution < -0.4 is 16.0 Å². The van der Waals surface area contributed by atoms with Gasteiger partial charge in [-0.05, 0) is 57.2 Å². The van der Waals surface area contributed by atoms with Gasteiger partial charge in [0.2, 0.25) is 5.91 Å². The molecule has 0 aliphatic carbocycles. The van der Waals surface area contributed by atoms with Gasteiger partial charge in [0.25, 0.3) is 5.91 Å². The second kappa shape index (κ2) is 9.89. The molecule has 154 valence electrons. The van der Waals surface area contributed by atoms with Gasteiger partial charge < -0.3 is 16.0 Å². The molecule has 1 atom stereocenters. The van der Waals surface area contributed by atoms with Crippen LogP contribution in [-0.4, -0.2) is 54.5 Å². The monoisotopic (exact) mass is 408 g/mol. The average molecular weight is 409 g/mol. The summed E-state index contributed by atoms with van der Waals surface area (Å²) in [4.78, 5) is 39.0. The number of imide groups is 1. The van der Waals surface area contributed by atoms with Gasteiger partial charge in [-0.25, -0.2) is 4.79 Å². The molecule has 2 fully saturated rings. The number of nitrogens with one attached hydrogen (secondary N) is 3. The van der Waals surface area contributed by atoms with E-state index < -0.39 is 11.6 Å². The first-order valence-corrected chi connectivity index (χ1v) is 9.72. The van der Waals surface area contributed by atoms with Gasteiger partial charge in [0.05, 0.1) is 0 Å². The first-order valence-electron chi connectivity index (χ1n) is 9.72. The van der Waals surface area contributed by atoms with E-state index in [1.807, 2.05) is 37.3 Å². The van der Waals surface area contributed by atoms with E-state index in [1.54, 1.807) is 0 Å². The molecule has 1 aromatic carbocycles. The third-order valence-electron chi connectivity index (χ3n) is 5.56. The van der Waals surface area contributed by atoms with Gasteiger partial charge >= 0.3 is 6.03 Å². The number of carbonyl (C=O) groups excluding carboxylic acids is 3. The lowest BCUT2D eigenvalue weighted by molar-refractivity contribution is -0.137. The number of hydrogen-bond acceptors (Lipinski definition) is 4. The Morgan fingerprint density at radius 1 is 1.21 bits per heavy atom. The standard InChI is InChI=1S/C20H28N4O3.ClH/c1-2-22-17(25)14-24-18(26)20(23-19(24)27,16-9-12-21-13-10-16)11-8-15-6-4-3-5-7-15;/h3-7,16,21H,2,8-14H2,1H3,(H,22,25)(H,23,27);1H. The van der Waals surface area contributed by atoms with Crippen LogP contribution in [-0.2, 0) is 16.0 Å².